The predicted molar refractivity (Wildman–Crippen MR) is 160 cm³/mol. The molecule has 0 radical (unpaired) electrons. The number of benzene rings is 3. The molecule has 39 heavy (non-hydrogen) atoms. The second-order valence-corrected chi connectivity index (χ2v) is 12.4. The molecule has 0 aliphatic rings. The van der Waals surface area contributed by atoms with Crippen LogP contribution in [0.25, 0.3) is 0 Å². The average Bonchev–Trinajstić information content (AvgIpc) is 2.88. The molecule has 0 fully saturated rings. The van der Waals surface area contributed by atoms with Gasteiger partial charge >= 0.3 is 0 Å². The molecule has 0 aliphatic carbocycles. The summed E-state index contributed by atoms with van der Waals surface area (Å²) >= 11 is 3.49. The van der Waals surface area contributed by atoms with Crippen molar-refractivity contribution in [1.82, 2.24) is 10.2 Å². The minimum Gasteiger partial charge on any atom is -0.355 e. The van der Waals surface area contributed by atoms with E-state index in [-0.39, 0.29) is 31.3 Å². The SMILES string of the molecule is CCNC(=O)C(Cc1ccccc1)N(Cc1cccc(Br)c1)C(=O)CCCN(c1cccc(C)c1)S(C)(=O)=O. The second kappa shape index (κ2) is 14.3. The first-order valence-electron chi connectivity index (χ1n) is 13.0. The van der Waals surface area contributed by atoms with Gasteiger partial charge in [0.25, 0.3) is 0 Å². The van der Waals surface area contributed by atoms with Gasteiger partial charge in [0.2, 0.25) is 21.8 Å². The van der Waals surface area contributed by atoms with Crippen LogP contribution in [0.2, 0.25) is 0 Å². The van der Waals surface area contributed by atoms with Gasteiger partial charge in [-0.3, -0.25) is 13.9 Å². The molecular weight excluding hydrogens is 578 g/mol. The molecule has 0 spiro atoms. The van der Waals surface area contributed by atoms with E-state index in [9.17, 15) is 18.0 Å². The van der Waals surface area contributed by atoms with E-state index >= 15 is 0 Å². The molecule has 0 aliphatic heterocycles. The van der Waals surface area contributed by atoms with Crippen LogP contribution in [-0.4, -0.2) is 50.5 Å². The normalized spacial score (nSPS) is 12.0. The van der Waals surface area contributed by atoms with Crippen molar-refractivity contribution in [2.75, 3.05) is 23.7 Å². The Labute approximate surface area is 240 Å². The van der Waals surface area contributed by atoms with Gasteiger partial charge in [-0.15, -0.1) is 0 Å². The zero-order valence-electron chi connectivity index (χ0n) is 22.6. The van der Waals surface area contributed by atoms with Crippen LogP contribution >= 0.6 is 15.9 Å². The Morgan fingerprint density at radius 1 is 0.949 bits per heavy atom. The lowest BCUT2D eigenvalue weighted by molar-refractivity contribution is -0.141. The fourth-order valence-corrected chi connectivity index (χ4v) is 5.87. The largest absolute Gasteiger partial charge is 0.355 e. The summed E-state index contributed by atoms with van der Waals surface area (Å²) in [6.07, 6.45) is 1.94. The Bertz CT molecular complexity index is 1370. The molecule has 208 valence electrons. The lowest BCUT2D eigenvalue weighted by Gasteiger charge is -2.32. The van der Waals surface area contributed by atoms with Crippen LogP contribution in [0.1, 0.15) is 36.5 Å². The molecule has 0 saturated carbocycles. The Morgan fingerprint density at radius 2 is 1.64 bits per heavy atom. The number of likely N-dealkylation sites (N-methyl/N-ethyl adjacent to an activating group) is 1. The van der Waals surface area contributed by atoms with E-state index in [4.69, 9.17) is 0 Å². The first-order chi connectivity index (χ1) is 18.6. The summed E-state index contributed by atoms with van der Waals surface area (Å²) in [6.45, 7) is 4.61. The van der Waals surface area contributed by atoms with Crippen molar-refractivity contribution in [3.63, 3.8) is 0 Å². The number of halogens is 1. The zero-order chi connectivity index (χ0) is 28.4. The molecule has 1 N–H and O–H groups in total. The monoisotopic (exact) mass is 613 g/mol. The predicted octanol–water partition coefficient (Wildman–Crippen LogP) is 5.08. The fourth-order valence-electron chi connectivity index (χ4n) is 4.47. The van der Waals surface area contributed by atoms with E-state index in [1.165, 1.54) is 10.6 Å². The van der Waals surface area contributed by atoms with Crippen molar-refractivity contribution >= 4 is 43.5 Å². The molecule has 0 heterocycles. The van der Waals surface area contributed by atoms with Gasteiger partial charge in [0.15, 0.2) is 0 Å². The number of nitrogens with zero attached hydrogens (tertiary/aromatic N) is 2. The van der Waals surface area contributed by atoms with E-state index in [0.29, 0.717) is 25.1 Å². The number of nitrogens with one attached hydrogen (secondary N) is 1. The number of rotatable bonds is 13. The lowest BCUT2D eigenvalue weighted by atomic mass is 10.0. The van der Waals surface area contributed by atoms with Gasteiger partial charge in [-0.2, -0.15) is 0 Å². The number of anilines is 1. The van der Waals surface area contributed by atoms with Gasteiger partial charge in [-0.1, -0.05) is 70.5 Å². The quantitative estimate of drug-likeness (QED) is 0.291. The maximum Gasteiger partial charge on any atom is 0.243 e. The Morgan fingerprint density at radius 3 is 2.28 bits per heavy atom. The molecule has 0 aromatic heterocycles. The van der Waals surface area contributed by atoms with Gasteiger partial charge in [0.05, 0.1) is 11.9 Å². The number of aryl methyl sites for hydroxylation is 1. The van der Waals surface area contributed by atoms with Crippen LogP contribution in [0.5, 0.6) is 0 Å². The van der Waals surface area contributed by atoms with Crippen molar-refractivity contribution in [2.24, 2.45) is 0 Å². The molecule has 1 unspecified atom stereocenters. The van der Waals surface area contributed by atoms with E-state index in [1.807, 2.05) is 86.6 Å². The van der Waals surface area contributed by atoms with E-state index in [0.717, 1.165) is 21.2 Å². The lowest BCUT2D eigenvalue weighted by Crippen LogP contribution is -2.50. The fraction of sp³-hybridized carbons (Fsp3) is 0.333. The summed E-state index contributed by atoms with van der Waals surface area (Å²) in [4.78, 5) is 28.7. The van der Waals surface area contributed by atoms with Crippen LogP contribution in [0.15, 0.2) is 83.3 Å². The number of carbonyl (C=O) groups is 2. The molecule has 0 bridgehead atoms. The summed E-state index contributed by atoms with van der Waals surface area (Å²) in [5, 5.41) is 2.89. The van der Waals surface area contributed by atoms with Crippen molar-refractivity contribution in [2.45, 2.75) is 45.7 Å². The standard InChI is InChI=1S/C30H36BrN3O4S/c1-4-32-30(36)28(21-24-12-6-5-7-13-24)33(22-25-14-9-15-26(31)20-25)29(35)17-10-18-34(39(3,37)38)27-16-8-11-23(2)19-27/h5-9,11-16,19-20,28H,4,10,17-18,21-22H2,1-3H3,(H,32,36). The highest BCUT2D eigenvalue weighted by Crippen LogP contribution is 2.22. The van der Waals surface area contributed by atoms with Crippen LogP contribution in [0, 0.1) is 6.92 Å². The zero-order valence-corrected chi connectivity index (χ0v) is 25.0. The smallest absolute Gasteiger partial charge is 0.243 e. The number of hydrogen-bond donors (Lipinski definition) is 1. The summed E-state index contributed by atoms with van der Waals surface area (Å²) in [5.74, 6) is -0.429. The molecule has 1 atom stereocenters. The highest BCUT2D eigenvalue weighted by molar-refractivity contribution is 9.10. The summed E-state index contributed by atoms with van der Waals surface area (Å²) in [7, 11) is -3.54. The van der Waals surface area contributed by atoms with Crippen molar-refractivity contribution in [1.29, 1.82) is 0 Å². The van der Waals surface area contributed by atoms with Crippen LogP contribution < -0.4 is 9.62 Å². The van der Waals surface area contributed by atoms with Gasteiger partial charge < -0.3 is 10.2 Å². The van der Waals surface area contributed by atoms with E-state index in [1.54, 1.807) is 11.0 Å². The van der Waals surface area contributed by atoms with Crippen LogP contribution in [-0.2, 0) is 32.6 Å². The summed E-state index contributed by atoms with van der Waals surface area (Å²) < 4.78 is 27.4. The minimum atomic E-state index is -3.54. The number of hydrogen-bond acceptors (Lipinski definition) is 4. The number of amides is 2. The maximum absolute atomic E-state index is 13.8. The van der Waals surface area contributed by atoms with Gasteiger partial charge in [0.1, 0.15) is 6.04 Å². The van der Waals surface area contributed by atoms with Crippen LogP contribution in [0.3, 0.4) is 0 Å². The van der Waals surface area contributed by atoms with Gasteiger partial charge in [-0.05, 0) is 61.2 Å². The number of carbonyl (C=O) groups excluding carboxylic acids is 2. The third-order valence-corrected chi connectivity index (χ3v) is 7.99. The maximum atomic E-state index is 13.8. The highest BCUT2D eigenvalue weighted by Gasteiger charge is 2.30. The Kier molecular flexibility index (Phi) is 11.1. The summed E-state index contributed by atoms with van der Waals surface area (Å²) in [6, 6.07) is 23.8. The molecule has 2 amide bonds. The average molecular weight is 615 g/mol. The molecule has 0 saturated heterocycles. The van der Waals surface area contributed by atoms with Gasteiger partial charge in [-0.25, -0.2) is 8.42 Å². The molecule has 3 rings (SSSR count). The van der Waals surface area contributed by atoms with Crippen molar-refractivity contribution < 1.29 is 18.0 Å². The van der Waals surface area contributed by atoms with Gasteiger partial charge in [0, 0.05) is 36.9 Å². The molecule has 3 aromatic carbocycles. The highest BCUT2D eigenvalue weighted by atomic mass is 79.9. The third kappa shape index (κ3) is 9.21. The minimum absolute atomic E-state index is 0.0938. The summed E-state index contributed by atoms with van der Waals surface area (Å²) in [5.41, 5.74) is 3.35. The topological polar surface area (TPSA) is 86.8 Å². The first-order valence-corrected chi connectivity index (χ1v) is 15.6. The van der Waals surface area contributed by atoms with Crippen LogP contribution in [0.4, 0.5) is 5.69 Å². The Hall–Kier alpha value is -3.17. The first kappa shape index (κ1) is 30.4. The molecule has 9 heteroatoms. The second-order valence-electron chi connectivity index (χ2n) is 9.53. The molecule has 7 nitrogen and oxygen atoms in total. The molecular formula is C30H36BrN3O4S. The third-order valence-electron chi connectivity index (χ3n) is 6.31. The van der Waals surface area contributed by atoms with E-state index < -0.39 is 16.1 Å². The Balaban J connectivity index is 1.86. The van der Waals surface area contributed by atoms with Crippen molar-refractivity contribution in [3.8, 4) is 0 Å². The number of sulfonamides is 1. The molecule has 3 aromatic rings. The van der Waals surface area contributed by atoms with E-state index in [2.05, 4.69) is 21.2 Å². The van der Waals surface area contributed by atoms with Crippen molar-refractivity contribution in [3.05, 3.63) is 100 Å².